The van der Waals surface area contributed by atoms with Gasteiger partial charge in [0.05, 0.1) is 28.9 Å². The van der Waals surface area contributed by atoms with E-state index < -0.39 is 41.4 Å². The number of halogens is 3. The van der Waals surface area contributed by atoms with Gasteiger partial charge in [-0.3, -0.25) is 34.4 Å². The van der Waals surface area contributed by atoms with Crippen molar-refractivity contribution in [3.05, 3.63) is 83.8 Å². The van der Waals surface area contributed by atoms with Crippen LogP contribution in [0.15, 0.2) is 67.1 Å². The Morgan fingerprint density at radius 2 is 1.54 bits per heavy atom. The van der Waals surface area contributed by atoms with Gasteiger partial charge in [0.15, 0.2) is 0 Å². The van der Waals surface area contributed by atoms with Gasteiger partial charge in [-0.2, -0.15) is 13.2 Å². The molecular weight excluding hydrogens is 790 g/mol. The van der Waals surface area contributed by atoms with Gasteiger partial charge in [-0.15, -0.1) is 0 Å². The molecule has 4 fully saturated rings. The van der Waals surface area contributed by atoms with Gasteiger partial charge in [0.1, 0.15) is 11.9 Å². The van der Waals surface area contributed by atoms with Crippen molar-refractivity contribution in [2.24, 2.45) is 5.92 Å². The SMILES string of the molecule is O=C1CCC(N2C(=O)c3ccc(N4CCC(CCN5CCC(OC6CN(c7ncc(-c8ccc9c(c8)[nH]c8ccncc89)cc7C(F)(F)F)C6)CC5)CC4)cc3C2=O)C(=O)N1. The van der Waals surface area contributed by atoms with E-state index >= 15 is 0 Å². The lowest BCUT2D eigenvalue weighted by Gasteiger charge is -2.43. The summed E-state index contributed by atoms with van der Waals surface area (Å²) >= 11 is 0. The Hall–Kier alpha value is -5.87. The average molecular weight is 835 g/mol. The number of hydrogen-bond acceptors (Lipinski definition) is 10. The number of nitrogens with one attached hydrogen (secondary N) is 2. The molecule has 0 radical (unpaired) electrons. The van der Waals surface area contributed by atoms with Gasteiger partial charge < -0.3 is 24.4 Å². The molecule has 0 bridgehead atoms. The van der Waals surface area contributed by atoms with Gasteiger partial charge in [0.2, 0.25) is 11.8 Å². The zero-order valence-corrected chi connectivity index (χ0v) is 33.4. The number of hydrogen-bond donors (Lipinski definition) is 2. The minimum Gasteiger partial charge on any atom is -0.371 e. The summed E-state index contributed by atoms with van der Waals surface area (Å²) in [5, 5.41) is 4.15. The molecule has 0 aliphatic carbocycles. The van der Waals surface area contributed by atoms with E-state index in [0.717, 1.165) is 97.2 Å². The number of aromatic nitrogens is 3. The van der Waals surface area contributed by atoms with Crippen LogP contribution in [-0.2, 0) is 20.5 Å². The number of carbonyl (C=O) groups is 4. The number of likely N-dealkylation sites (tertiary alicyclic amines) is 1. The van der Waals surface area contributed by atoms with Gasteiger partial charge in [-0.25, -0.2) is 4.98 Å². The van der Waals surface area contributed by atoms with Crippen molar-refractivity contribution < 1.29 is 37.1 Å². The molecule has 8 heterocycles. The first kappa shape index (κ1) is 39.3. The van der Waals surface area contributed by atoms with E-state index in [2.05, 4.69) is 30.1 Å². The highest BCUT2D eigenvalue weighted by Gasteiger charge is 2.45. The van der Waals surface area contributed by atoms with Crippen molar-refractivity contribution in [3.63, 3.8) is 0 Å². The quantitative estimate of drug-likeness (QED) is 0.166. The number of aromatic amines is 1. The van der Waals surface area contributed by atoms with E-state index in [1.165, 1.54) is 12.3 Å². The summed E-state index contributed by atoms with van der Waals surface area (Å²) in [6, 6.07) is 13.0. The van der Waals surface area contributed by atoms with Gasteiger partial charge in [-0.05, 0) is 92.9 Å². The number of benzene rings is 2. The molecule has 4 amide bonds. The average Bonchev–Trinajstić information content (AvgIpc) is 3.74. The first-order valence-corrected chi connectivity index (χ1v) is 21.1. The second-order valence-corrected chi connectivity index (χ2v) is 17.0. The first-order valence-electron chi connectivity index (χ1n) is 21.1. The van der Waals surface area contributed by atoms with Crippen LogP contribution in [0.2, 0.25) is 0 Å². The smallest absolute Gasteiger partial charge is 0.371 e. The van der Waals surface area contributed by atoms with Crippen molar-refractivity contribution in [2.75, 3.05) is 55.6 Å². The van der Waals surface area contributed by atoms with E-state index in [1.54, 1.807) is 29.4 Å². The van der Waals surface area contributed by atoms with E-state index in [9.17, 15) is 32.3 Å². The molecule has 13 nitrogen and oxygen atoms in total. The summed E-state index contributed by atoms with van der Waals surface area (Å²) in [4.78, 5) is 69.7. The molecule has 0 spiro atoms. The van der Waals surface area contributed by atoms with Gasteiger partial charge in [-0.1, -0.05) is 12.1 Å². The maximum atomic E-state index is 14.4. The molecular formula is C45H45F3N8O5. The van der Waals surface area contributed by atoms with Crippen LogP contribution >= 0.6 is 0 Å². The highest BCUT2D eigenvalue weighted by Crippen LogP contribution is 2.40. The van der Waals surface area contributed by atoms with Crippen LogP contribution in [0.5, 0.6) is 0 Å². The Balaban J connectivity index is 0.673. The first-order chi connectivity index (χ1) is 29.5. The summed E-state index contributed by atoms with van der Waals surface area (Å²) in [6.07, 6.45) is 5.43. The third-order valence-electron chi connectivity index (χ3n) is 13.2. The molecule has 10 rings (SSSR count). The number of ether oxygens (including phenoxy) is 1. The third-order valence-corrected chi connectivity index (χ3v) is 13.2. The van der Waals surface area contributed by atoms with Crippen LogP contribution in [0.4, 0.5) is 24.7 Å². The molecule has 5 aromatic rings. The zero-order valence-electron chi connectivity index (χ0n) is 33.4. The van der Waals surface area contributed by atoms with Crippen molar-refractivity contribution in [1.82, 2.24) is 30.1 Å². The second-order valence-electron chi connectivity index (χ2n) is 17.0. The molecule has 5 aliphatic heterocycles. The summed E-state index contributed by atoms with van der Waals surface area (Å²) < 4.78 is 49.6. The summed E-state index contributed by atoms with van der Waals surface area (Å²) in [5.74, 6) is -1.52. The predicted octanol–water partition coefficient (Wildman–Crippen LogP) is 6.17. The van der Waals surface area contributed by atoms with Crippen molar-refractivity contribution in [2.45, 2.75) is 69.4 Å². The predicted molar refractivity (Wildman–Crippen MR) is 221 cm³/mol. The Morgan fingerprint density at radius 1 is 0.754 bits per heavy atom. The zero-order chi connectivity index (χ0) is 42.0. The van der Waals surface area contributed by atoms with Crippen molar-refractivity contribution in [1.29, 1.82) is 0 Å². The van der Waals surface area contributed by atoms with Crippen LogP contribution in [0.1, 0.15) is 71.2 Å². The lowest BCUT2D eigenvalue weighted by molar-refractivity contribution is -0.138. The lowest BCUT2D eigenvalue weighted by atomic mass is 9.92. The van der Waals surface area contributed by atoms with Crippen LogP contribution in [0.3, 0.4) is 0 Å². The molecule has 16 heteroatoms. The maximum absolute atomic E-state index is 14.4. The second kappa shape index (κ2) is 15.5. The number of fused-ring (bicyclic) bond motifs is 4. The Kier molecular flexibility index (Phi) is 10.0. The largest absolute Gasteiger partial charge is 0.419 e. The minimum atomic E-state index is -4.57. The number of piperidine rings is 3. The van der Waals surface area contributed by atoms with Crippen LogP contribution < -0.4 is 15.1 Å². The third kappa shape index (κ3) is 7.49. The Labute approximate surface area is 349 Å². The van der Waals surface area contributed by atoms with E-state index in [4.69, 9.17) is 4.74 Å². The maximum Gasteiger partial charge on any atom is 0.419 e. The molecule has 61 heavy (non-hydrogen) atoms. The van der Waals surface area contributed by atoms with E-state index in [0.29, 0.717) is 35.7 Å². The minimum absolute atomic E-state index is 0.0632. The fraction of sp³-hybridized carbons (Fsp3) is 0.422. The number of H-pyrrole nitrogens is 1. The number of nitrogens with zero attached hydrogens (tertiary/aromatic N) is 6. The fourth-order valence-corrected chi connectivity index (χ4v) is 9.74. The van der Waals surface area contributed by atoms with Crippen molar-refractivity contribution >= 4 is 56.9 Å². The van der Waals surface area contributed by atoms with E-state index in [-0.39, 0.29) is 36.4 Å². The number of carbonyl (C=O) groups excluding carboxylic acids is 4. The molecule has 0 saturated carbocycles. The standard InChI is InChI=1S/C45H45F3N8O5/c46-45(47,48)36-19-28(27-1-3-32-35-23-49-13-7-37(35)51-38(32)20-27)22-50-41(36)55-24-31(25-55)61-30-11-15-53(16-12-30)14-8-26-9-17-54(18-10-26)29-2-4-33-34(21-29)44(60)56(43(33)59)39-5-6-40(57)52-42(39)58/h1-4,7,13,19-23,26,30-31,39,51H,5-6,8-12,14-18,24-25H2,(H,52,57,58). The fourth-order valence-electron chi connectivity index (χ4n) is 9.74. The Morgan fingerprint density at radius 3 is 2.31 bits per heavy atom. The molecule has 1 atom stereocenters. The van der Waals surface area contributed by atoms with Gasteiger partial charge >= 0.3 is 6.18 Å². The van der Waals surface area contributed by atoms with Crippen molar-refractivity contribution in [3.8, 4) is 11.1 Å². The topological polar surface area (TPSA) is 144 Å². The van der Waals surface area contributed by atoms with Gasteiger partial charge in [0.25, 0.3) is 11.8 Å². The number of pyridine rings is 2. The van der Waals surface area contributed by atoms with Crippen LogP contribution in [0.25, 0.3) is 32.9 Å². The number of anilines is 2. The highest BCUT2D eigenvalue weighted by atomic mass is 19.4. The van der Waals surface area contributed by atoms with Crippen LogP contribution in [0, 0.1) is 5.92 Å². The Bertz CT molecular complexity index is 2560. The summed E-state index contributed by atoms with van der Waals surface area (Å²) in [6.45, 7) is 5.23. The molecule has 316 valence electrons. The molecule has 2 N–H and O–H groups in total. The number of amides is 4. The van der Waals surface area contributed by atoms with E-state index in [1.807, 2.05) is 30.3 Å². The highest BCUT2D eigenvalue weighted by molar-refractivity contribution is 6.23. The molecule has 2 aromatic carbocycles. The molecule has 1 unspecified atom stereocenters. The molecule has 4 saturated heterocycles. The lowest BCUT2D eigenvalue weighted by Crippen LogP contribution is -2.55. The number of alkyl halides is 3. The molecule has 3 aromatic heterocycles. The monoisotopic (exact) mass is 834 g/mol. The van der Waals surface area contributed by atoms with Gasteiger partial charge in [0, 0.05) is 97.3 Å². The summed E-state index contributed by atoms with van der Waals surface area (Å²) in [7, 11) is 0. The molecule has 5 aliphatic rings. The van der Waals surface area contributed by atoms with Crippen LogP contribution in [-0.4, -0.2) is 112 Å². The summed E-state index contributed by atoms with van der Waals surface area (Å²) in [5.41, 5.74) is 3.49. The normalized spacial score (nSPS) is 21.2. The number of rotatable bonds is 9. The number of imide groups is 2.